The molecule has 26 heavy (non-hydrogen) atoms. The van der Waals surface area contributed by atoms with Crippen LogP contribution in [0.3, 0.4) is 0 Å². The van der Waals surface area contributed by atoms with Crippen molar-refractivity contribution in [2.45, 2.75) is 6.92 Å². The molecule has 0 fully saturated rings. The van der Waals surface area contributed by atoms with Crippen LogP contribution < -0.4 is 10.7 Å². The van der Waals surface area contributed by atoms with Gasteiger partial charge in [-0.25, -0.2) is 0 Å². The molecule has 4 nitrogen and oxygen atoms in total. The number of anilines is 2. The summed E-state index contributed by atoms with van der Waals surface area (Å²) in [4.78, 5) is 12.5. The molecule has 4 aromatic rings. The first kappa shape index (κ1) is 16.0. The van der Waals surface area contributed by atoms with Gasteiger partial charge in [-0.2, -0.15) is 0 Å². The molecule has 0 aliphatic rings. The molecule has 4 heteroatoms. The zero-order valence-electron chi connectivity index (χ0n) is 14.2. The summed E-state index contributed by atoms with van der Waals surface area (Å²) in [5.41, 5.74) is 3.53. The van der Waals surface area contributed by atoms with Gasteiger partial charge in [0.05, 0.1) is 0 Å². The average Bonchev–Trinajstić information content (AvgIpc) is 2.64. The van der Waals surface area contributed by atoms with E-state index in [-0.39, 0.29) is 16.6 Å². The lowest BCUT2D eigenvalue weighted by Gasteiger charge is -2.11. The van der Waals surface area contributed by atoms with Crippen molar-refractivity contribution in [3.63, 3.8) is 0 Å². The molecule has 2 N–H and O–H groups in total. The van der Waals surface area contributed by atoms with E-state index < -0.39 is 0 Å². The largest absolute Gasteiger partial charge is 0.507 e. The van der Waals surface area contributed by atoms with E-state index in [4.69, 9.17) is 4.42 Å². The van der Waals surface area contributed by atoms with Crippen LogP contribution >= 0.6 is 0 Å². The minimum atomic E-state index is -0.273. The van der Waals surface area contributed by atoms with Gasteiger partial charge in [0.2, 0.25) is 0 Å². The van der Waals surface area contributed by atoms with Gasteiger partial charge in [-0.15, -0.1) is 0 Å². The number of nitrogens with one attached hydrogen (secondary N) is 1. The number of benzene rings is 3. The first-order valence-corrected chi connectivity index (χ1v) is 8.31. The highest BCUT2D eigenvalue weighted by Crippen LogP contribution is 2.31. The highest BCUT2D eigenvalue weighted by atomic mass is 16.3. The van der Waals surface area contributed by atoms with Gasteiger partial charge in [-0.3, -0.25) is 4.79 Å². The Morgan fingerprint density at radius 2 is 1.65 bits per heavy atom. The SMILES string of the molecule is Cc1ccccc1Nc1cc(O)c2c(=O)cc(-c3ccccc3)oc2c1. The number of fused-ring (bicyclic) bond motifs is 1. The van der Waals surface area contributed by atoms with Gasteiger partial charge in [0.25, 0.3) is 0 Å². The molecule has 1 aromatic heterocycles. The lowest BCUT2D eigenvalue weighted by molar-refractivity contribution is 0.480. The highest BCUT2D eigenvalue weighted by molar-refractivity contribution is 5.88. The molecule has 0 bridgehead atoms. The number of hydrogen-bond donors (Lipinski definition) is 2. The molecule has 1 heterocycles. The summed E-state index contributed by atoms with van der Waals surface area (Å²) < 4.78 is 5.92. The Labute approximate surface area is 150 Å². The Kier molecular flexibility index (Phi) is 3.93. The summed E-state index contributed by atoms with van der Waals surface area (Å²) in [5.74, 6) is 0.363. The molecule has 3 aromatic carbocycles. The van der Waals surface area contributed by atoms with Crippen LogP contribution in [-0.4, -0.2) is 5.11 Å². The van der Waals surface area contributed by atoms with Gasteiger partial charge in [-0.05, 0) is 18.6 Å². The fourth-order valence-electron chi connectivity index (χ4n) is 2.95. The fraction of sp³-hybridized carbons (Fsp3) is 0.0455. The molecule has 0 radical (unpaired) electrons. The predicted molar refractivity (Wildman–Crippen MR) is 104 cm³/mol. The Balaban J connectivity index is 1.85. The Morgan fingerprint density at radius 3 is 2.42 bits per heavy atom. The highest BCUT2D eigenvalue weighted by Gasteiger charge is 2.12. The third-order valence-corrected chi connectivity index (χ3v) is 4.29. The second-order valence-corrected chi connectivity index (χ2v) is 6.15. The van der Waals surface area contributed by atoms with Gasteiger partial charge in [-0.1, -0.05) is 48.5 Å². The van der Waals surface area contributed by atoms with Crippen molar-refractivity contribution in [2.75, 3.05) is 5.32 Å². The third-order valence-electron chi connectivity index (χ3n) is 4.29. The maximum Gasteiger partial charge on any atom is 0.197 e. The Bertz CT molecular complexity index is 1150. The van der Waals surface area contributed by atoms with E-state index in [1.807, 2.05) is 61.5 Å². The number of aryl methyl sites for hydroxylation is 1. The lowest BCUT2D eigenvalue weighted by atomic mass is 10.1. The maximum atomic E-state index is 12.5. The molecule has 0 aliphatic heterocycles. The summed E-state index contributed by atoms with van der Waals surface area (Å²) in [5, 5.41) is 13.8. The van der Waals surface area contributed by atoms with Crippen LogP contribution in [0.4, 0.5) is 11.4 Å². The average molecular weight is 343 g/mol. The van der Waals surface area contributed by atoms with Crippen molar-refractivity contribution in [3.8, 4) is 17.1 Å². The van der Waals surface area contributed by atoms with E-state index in [2.05, 4.69) is 5.32 Å². The number of phenols is 1. The Hall–Kier alpha value is -3.53. The topological polar surface area (TPSA) is 62.5 Å². The smallest absolute Gasteiger partial charge is 0.197 e. The van der Waals surface area contributed by atoms with Crippen LogP contribution in [0.2, 0.25) is 0 Å². The van der Waals surface area contributed by atoms with Gasteiger partial charge in [0, 0.05) is 35.1 Å². The predicted octanol–water partition coefficient (Wildman–Crippen LogP) is 5.22. The Morgan fingerprint density at radius 1 is 0.923 bits per heavy atom. The van der Waals surface area contributed by atoms with E-state index in [1.165, 1.54) is 12.1 Å². The monoisotopic (exact) mass is 343 g/mol. The number of hydrogen-bond acceptors (Lipinski definition) is 4. The fourth-order valence-corrected chi connectivity index (χ4v) is 2.95. The summed E-state index contributed by atoms with van der Waals surface area (Å²) in [6, 6.07) is 21.9. The summed E-state index contributed by atoms with van der Waals surface area (Å²) in [7, 11) is 0. The van der Waals surface area contributed by atoms with Gasteiger partial charge >= 0.3 is 0 Å². The molecule has 128 valence electrons. The molecule has 4 rings (SSSR count). The molecule has 0 unspecified atom stereocenters. The van der Waals surface area contributed by atoms with E-state index in [0.29, 0.717) is 17.0 Å². The van der Waals surface area contributed by atoms with Crippen LogP contribution in [-0.2, 0) is 0 Å². The quantitative estimate of drug-likeness (QED) is 0.535. The maximum absolute atomic E-state index is 12.5. The molecular formula is C22H17NO3. The van der Waals surface area contributed by atoms with E-state index >= 15 is 0 Å². The summed E-state index contributed by atoms with van der Waals surface area (Å²) in [6.45, 7) is 2.00. The number of rotatable bonds is 3. The summed E-state index contributed by atoms with van der Waals surface area (Å²) in [6.07, 6.45) is 0. The van der Waals surface area contributed by atoms with Gasteiger partial charge in [0.15, 0.2) is 5.43 Å². The molecule has 0 amide bonds. The van der Waals surface area contributed by atoms with Crippen LogP contribution in [0.25, 0.3) is 22.3 Å². The number of phenolic OH excluding ortho intramolecular Hbond substituents is 1. The van der Waals surface area contributed by atoms with E-state index in [0.717, 1.165) is 16.8 Å². The molecule has 0 aliphatic carbocycles. The molecular weight excluding hydrogens is 326 g/mol. The van der Waals surface area contributed by atoms with Gasteiger partial charge < -0.3 is 14.8 Å². The minimum Gasteiger partial charge on any atom is -0.507 e. The first-order valence-electron chi connectivity index (χ1n) is 8.31. The molecule has 0 atom stereocenters. The molecule has 0 spiro atoms. The zero-order valence-corrected chi connectivity index (χ0v) is 14.2. The van der Waals surface area contributed by atoms with Crippen molar-refractivity contribution in [1.82, 2.24) is 0 Å². The van der Waals surface area contributed by atoms with Crippen LogP contribution in [0, 0.1) is 6.92 Å². The van der Waals surface area contributed by atoms with Crippen LogP contribution in [0.15, 0.2) is 82.0 Å². The normalized spacial score (nSPS) is 10.8. The van der Waals surface area contributed by atoms with Crippen molar-refractivity contribution in [1.29, 1.82) is 0 Å². The molecule has 0 saturated carbocycles. The standard InChI is InChI=1S/C22H17NO3/c1-14-7-5-6-10-17(14)23-16-11-18(24)22-19(25)13-20(26-21(22)12-16)15-8-3-2-4-9-15/h2-13,23-24H,1H3. The number of para-hydroxylation sites is 1. The number of aromatic hydroxyl groups is 1. The zero-order chi connectivity index (χ0) is 18.1. The van der Waals surface area contributed by atoms with Crippen molar-refractivity contribution >= 4 is 22.3 Å². The van der Waals surface area contributed by atoms with Crippen molar-refractivity contribution in [3.05, 3.63) is 88.6 Å². The van der Waals surface area contributed by atoms with Crippen molar-refractivity contribution < 1.29 is 9.52 Å². The van der Waals surface area contributed by atoms with Crippen LogP contribution in [0.5, 0.6) is 5.75 Å². The second kappa shape index (κ2) is 6.41. The second-order valence-electron chi connectivity index (χ2n) is 6.15. The summed E-state index contributed by atoms with van der Waals surface area (Å²) >= 11 is 0. The minimum absolute atomic E-state index is 0.105. The van der Waals surface area contributed by atoms with Gasteiger partial charge in [0.1, 0.15) is 22.5 Å². The molecule has 0 saturated heterocycles. The van der Waals surface area contributed by atoms with Crippen molar-refractivity contribution in [2.24, 2.45) is 0 Å². The lowest BCUT2D eigenvalue weighted by Crippen LogP contribution is -2.02. The first-order chi connectivity index (χ1) is 12.6. The van der Waals surface area contributed by atoms with E-state index in [9.17, 15) is 9.90 Å². The van der Waals surface area contributed by atoms with E-state index in [1.54, 1.807) is 6.07 Å². The van der Waals surface area contributed by atoms with Crippen LogP contribution in [0.1, 0.15) is 5.56 Å². The third kappa shape index (κ3) is 2.93.